The van der Waals surface area contributed by atoms with Crippen LogP contribution < -0.4 is 5.32 Å². The van der Waals surface area contributed by atoms with Gasteiger partial charge in [-0.2, -0.15) is 11.8 Å². The Balaban J connectivity index is 2.52. The highest BCUT2D eigenvalue weighted by Gasteiger charge is 2.15. The normalized spacial score (nSPS) is 14.4. The SMILES string of the molecule is CCNC(CCN(C)C(C)CCSC)c1ccc(F)cn1. The molecule has 0 bridgehead atoms. The van der Waals surface area contributed by atoms with Gasteiger partial charge in [0.2, 0.25) is 0 Å². The van der Waals surface area contributed by atoms with Crippen molar-refractivity contribution in [1.82, 2.24) is 15.2 Å². The van der Waals surface area contributed by atoms with Crippen LogP contribution in [-0.2, 0) is 0 Å². The van der Waals surface area contributed by atoms with E-state index in [9.17, 15) is 4.39 Å². The molecule has 1 heterocycles. The van der Waals surface area contributed by atoms with Gasteiger partial charge in [-0.05, 0) is 64.0 Å². The molecule has 2 atom stereocenters. The summed E-state index contributed by atoms with van der Waals surface area (Å²) in [4.78, 5) is 6.60. The van der Waals surface area contributed by atoms with E-state index in [0.29, 0.717) is 6.04 Å². The van der Waals surface area contributed by atoms with Gasteiger partial charge in [0.15, 0.2) is 0 Å². The molecular formula is C16H28FN3S. The number of rotatable bonds is 10. The topological polar surface area (TPSA) is 28.2 Å². The summed E-state index contributed by atoms with van der Waals surface area (Å²) in [7, 11) is 2.17. The minimum absolute atomic E-state index is 0.186. The first kappa shape index (κ1) is 18.4. The van der Waals surface area contributed by atoms with E-state index in [4.69, 9.17) is 0 Å². The number of hydrogen-bond acceptors (Lipinski definition) is 4. The van der Waals surface area contributed by atoms with Crippen molar-refractivity contribution in [3.63, 3.8) is 0 Å². The van der Waals surface area contributed by atoms with E-state index >= 15 is 0 Å². The van der Waals surface area contributed by atoms with Crippen molar-refractivity contribution in [2.75, 3.05) is 32.1 Å². The second kappa shape index (κ2) is 10.1. The van der Waals surface area contributed by atoms with Gasteiger partial charge in [-0.1, -0.05) is 6.92 Å². The highest BCUT2D eigenvalue weighted by molar-refractivity contribution is 7.98. The number of nitrogens with one attached hydrogen (secondary N) is 1. The Morgan fingerprint density at radius 2 is 2.14 bits per heavy atom. The molecule has 0 aliphatic rings. The highest BCUT2D eigenvalue weighted by atomic mass is 32.2. The monoisotopic (exact) mass is 313 g/mol. The molecule has 0 aliphatic carbocycles. The zero-order chi connectivity index (χ0) is 15.7. The molecule has 0 saturated carbocycles. The molecule has 1 rings (SSSR count). The Bertz CT molecular complexity index is 386. The fraction of sp³-hybridized carbons (Fsp3) is 0.688. The van der Waals surface area contributed by atoms with Crippen LogP contribution in [-0.4, -0.2) is 48.1 Å². The molecule has 1 aromatic heterocycles. The summed E-state index contributed by atoms with van der Waals surface area (Å²) in [5.41, 5.74) is 0.920. The lowest BCUT2D eigenvalue weighted by molar-refractivity contribution is 0.238. The highest BCUT2D eigenvalue weighted by Crippen LogP contribution is 2.16. The molecule has 1 N–H and O–H groups in total. The lowest BCUT2D eigenvalue weighted by atomic mass is 10.1. The van der Waals surface area contributed by atoms with E-state index in [1.54, 1.807) is 6.07 Å². The van der Waals surface area contributed by atoms with Gasteiger partial charge in [0.1, 0.15) is 5.82 Å². The molecule has 0 fully saturated rings. The maximum Gasteiger partial charge on any atom is 0.141 e. The second-order valence-electron chi connectivity index (χ2n) is 5.41. The van der Waals surface area contributed by atoms with Gasteiger partial charge >= 0.3 is 0 Å². The maximum absolute atomic E-state index is 13.0. The van der Waals surface area contributed by atoms with Gasteiger partial charge in [0.25, 0.3) is 0 Å². The predicted molar refractivity (Wildman–Crippen MR) is 90.3 cm³/mol. The van der Waals surface area contributed by atoms with Crippen molar-refractivity contribution in [3.05, 3.63) is 29.8 Å². The van der Waals surface area contributed by atoms with Gasteiger partial charge < -0.3 is 10.2 Å². The molecule has 21 heavy (non-hydrogen) atoms. The van der Waals surface area contributed by atoms with Gasteiger partial charge in [-0.3, -0.25) is 4.98 Å². The van der Waals surface area contributed by atoms with Gasteiger partial charge in [-0.15, -0.1) is 0 Å². The van der Waals surface area contributed by atoms with Crippen LogP contribution in [0.25, 0.3) is 0 Å². The minimum Gasteiger partial charge on any atom is -0.309 e. The van der Waals surface area contributed by atoms with Crippen LogP contribution in [0.1, 0.15) is 38.4 Å². The molecule has 0 saturated heterocycles. The van der Waals surface area contributed by atoms with E-state index in [-0.39, 0.29) is 11.9 Å². The molecule has 2 unspecified atom stereocenters. The van der Waals surface area contributed by atoms with Crippen LogP contribution in [0.3, 0.4) is 0 Å². The van der Waals surface area contributed by atoms with E-state index in [0.717, 1.165) is 25.2 Å². The standard InChI is InChI=1S/C16H28FN3S/c1-5-18-16(15-7-6-14(17)12-19-15)8-10-20(3)13(2)9-11-21-4/h6-7,12-13,16,18H,5,8-11H2,1-4H3. The molecule has 0 radical (unpaired) electrons. The summed E-state index contributed by atoms with van der Waals surface area (Å²) >= 11 is 1.89. The Morgan fingerprint density at radius 1 is 1.38 bits per heavy atom. The Morgan fingerprint density at radius 3 is 2.71 bits per heavy atom. The molecule has 0 aliphatic heterocycles. The van der Waals surface area contributed by atoms with Gasteiger partial charge in [0.05, 0.1) is 17.9 Å². The second-order valence-corrected chi connectivity index (χ2v) is 6.40. The van der Waals surface area contributed by atoms with Crippen molar-refractivity contribution in [2.45, 2.75) is 38.8 Å². The summed E-state index contributed by atoms with van der Waals surface area (Å²) in [6, 6.07) is 4.03. The number of hydrogen-bond donors (Lipinski definition) is 1. The fourth-order valence-corrected chi connectivity index (χ4v) is 2.83. The maximum atomic E-state index is 13.0. The molecule has 1 aromatic rings. The summed E-state index contributed by atoms with van der Waals surface area (Å²) in [5, 5.41) is 3.44. The lowest BCUT2D eigenvalue weighted by Crippen LogP contribution is -2.33. The number of pyridine rings is 1. The summed E-state index contributed by atoms with van der Waals surface area (Å²) < 4.78 is 13.0. The quantitative estimate of drug-likeness (QED) is 0.717. The van der Waals surface area contributed by atoms with Crippen LogP contribution in [0.4, 0.5) is 4.39 Å². The van der Waals surface area contributed by atoms with Gasteiger partial charge in [0, 0.05) is 6.04 Å². The van der Waals surface area contributed by atoms with Crippen molar-refractivity contribution in [1.29, 1.82) is 0 Å². The molecule has 120 valence electrons. The van der Waals surface area contributed by atoms with Crippen molar-refractivity contribution < 1.29 is 4.39 Å². The molecule has 0 spiro atoms. The molecule has 5 heteroatoms. The summed E-state index contributed by atoms with van der Waals surface area (Å²) in [6.07, 6.45) is 5.63. The largest absolute Gasteiger partial charge is 0.309 e. The Kier molecular flexibility index (Phi) is 8.88. The molecule has 0 amide bonds. The summed E-state index contributed by atoms with van der Waals surface area (Å²) in [6.45, 7) is 6.25. The van der Waals surface area contributed by atoms with E-state index in [1.165, 1.54) is 24.4 Å². The third-order valence-corrected chi connectivity index (χ3v) is 4.46. The Labute approximate surface area is 132 Å². The number of halogens is 1. The van der Waals surface area contributed by atoms with Crippen LogP contribution in [0.5, 0.6) is 0 Å². The first-order valence-corrected chi connectivity index (χ1v) is 9.01. The number of thioether (sulfide) groups is 1. The first-order chi connectivity index (χ1) is 10.1. The van der Waals surface area contributed by atoms with E-state index in [1.807, 2.05) is 11.8 Å². The van der Waals surface area contributed by atoms with Gasteiger partial charge in [-0.25, -0.2) is 4.39 Å². The van der Waals surface area contributed by atoms with Crippen LogP contribution >= 0.6 is 11.8 Å². The summed E-state index contributed by atoms with van der Waals surface area (Å²) in [5.74, 6) is 0.915. The number of aromatic nitrogens is 1. The molecule has 0 aromatic carbocycles. The average molecular weight is 313 g/mol. The van der Waals surface area contributed by atoms with Crippen LogP contribution in [0, 0.1) is 5.82 Å². The predicted octanol–water partition coefficient (Wildman–Crippen LogP) is 3.33. The number of nitrogens with zero attached hydrogens (tertiary/aromatic N) is 2. The van der Waals surface area contributed by atoms with Crippen LogP contribution in [0.15, 0.2) is 18.3 Å². The van der Waals surface area contributed by atoms with Crippen molar-refractivity contribution in [3.8, 4) is 0 Å². The third kappa shape index (κ3) is 6.76. The zero-order valence-corrected chi connectivity index (χ0v) is 14.4. The van der Waals surface area contributed by atoms with Crippen LogP contribution in [0.2, 0.25) is 0 Å². The molecular weight excluding hydrogens is 285 g/mol. The van der Waals surface area contributed by atoms with E-state index < -0.39 is 0 Å². The first-order valence-electron chi connectivity index (χ1n) is 7.62. The smallest absolute Gasteiger partial charge is 0.141 e. The van der Waals surface area contributed by atoms with E-state index in [2.05, 4.69) is 42.4 Å². The average Bonchev–Trinajstić information content (AvgIpc) is 2.49. The zero-order valence-electron chi connectivity index (χ0n) is 13.6. The van der Waals surface area contributed by atoms with Crippen molar-refractivity contribution in [2.24, 2.45) is 0 Å². The minimum atomic E-state index is -0.281. The third-order valence-electron chi connectivity index (χ3n) is 3.82. The Hall–Kier alpha value is -0.650. The molecule has 3 nitrogen and oxygen atoms in total. The fourth-order valence-electron chi connectivity index (χ4n) is 2.26. The van der Waals surface area contributed by atoms with Crippen molar-refractivity contribution >= 4 is 11.8 Å². The lowest BCUT2D eigenvalue weighted by Gasteiger charge is -2.27.